The number of pyridine rings is 2. The van der Waals surface area contributed by atoms with Crippen molar-refractivity contribution in [3.8, 4) is 11.3 Å². The van der Waals surface area contributed by atoms with Crippen LogP contribution >= 0.6 is 0 Å². The molecule has 0 bridgehead atoms. The second-order valence-corrected chi connectivity index (χ2v) is 7.03. The molecule has 1 aliphatic carbocycles. The van der Waals surface area contributed by atoms with E-state index >= 15 is 0 Å². The minimum atomic E-state index is -0.440. The third-order valence-corrected chi connectivity index (χ3v) is 5.16. The van der Waals surface area contributed by atoms with Gasteiger partial charge in [-0.15, -0.1) is 0 Å². The van der Waals surface area contributed by atoms with Crippen molar-refractivity contribution >= 4 is 34.2 Å². The summed E-state index contributed by atoms with van der Waals surface area (Å²) in [6, 6.07) is 11.8. The lowest BCUT2D eigenvalue weighted by molar-refractivity contribution is -0.123. The van der Waals surface area contributed by atoms with Crippen LogP contribution in [0.5, 0.6) is 0 Å². The summed E-state index contributed by atoms with van der Waals surface area (Å²) in [6.45, 7) is 2.10. The lowest BCUT2D eigenvalue weighted by Crippen LogP contribution is -2.21. The molecular weight excluding hydrogens is 354 g/mol. The number of nitrogens with zero attached hydrogens (tertiary/aromatic N) is 2. The van der Waals surface area contributed by atoms with Crippen LogP contribution < -0.4 is 16.8 Å². The van der Waals surface area contributed by atoms with Crippen LogP contribution in [0.4, 0.5) is 11.6 Å². The van der Waals surface area contributed by atoms with Gasteiger partial charge < -0.3 is 16.8 Å². The van der Waals surface area contributed by atoms with Crippen molar-refractivity contribution in [3.05, 3.63) is 48.2 Å². The van der Waals surface area contributed by atoms with Crippen molar-refractivity contribution < 1.29 is 9.59 Å². The first-order chi connectivity index (χ1) is 13.5. The summed E-state index contributed by atoms with van der Waals surface area (Å²) in [5.41, 5.74) is 14.4. The molecule has 7 heteroatoms. The highest BCUT2D eigenvalue weighted by molar-refractivity contribution is 6.01. The molecule has 1 fully saturated rings. The Kier molecular flexibility index (Phi) is 4.43. The minimum Gasteiger partial charge on any atom is -0.383 e. The largest absolute Gasteiger partial charge is 0.383 e. The second kappa shape index (κ2) is 6.92. The van der Waals surface area contributed by atoms with Gasteiger partial charge in [0.15, 0.2) is 0 Å². The fraction of sp³-hybridized carbons (Fsp3) is 0.238. The normalized spacial score (nSPS) is 18.0. The van der Waals surface area contributed by atoms with Gasteiger partial charge in [0, 0.05) is 17.1 Å². The topological polar surface area (TPSA) is 124 Å². The molecule has 3 aromatic rings. The summed E-state index contributed by atoms with van der Waals surface area (Å²) in [6.07, 6.45) is 2.97. The molecule has 28 heavy (non-hydrogen) atoms. The van der Waals surface area contributed by atoms with Crippen LogP contribution in [0.25, 0.3) is 22.0 Å². The second-order valence-electron chi connectivity index (χ2n) is 7.03. The van der Waals surface area contributed by atoms with Gasteiger partial charge in [-0.3, -0.25) is 9.59 Å². The van der Waals surface area contributed by atoms with Crippen LogP contribution in [0.3, 0.4) is 0 Å². The van der Waals surface area contributed by atoms with Crippen LogP contribution in [-0.2, 0) is 16.0 Å². The molecule has 1 aromatic carbocycles. The molecule has 1 aliphatic rings. The predicted octanol–water partition coefficient (Wildman–Crippen LogP) is 2.50. The van der Waals surface area contributed by atoms with E-state index in [1.54, 1.807) is 12.3 Å². The molecule has 2 aromatic heterocycles. The average Bonchev–Trinajstić information content (AvgIpc) is 3.49. The maximum absolute atomic E-state index is 12.3. The predicted molar refractivity (Wildman–Crippen MR) is 108 cm³/mol. The summed E-state index contributed by atoms with van der Waals surface area (Å²) in [5, 5.41) is 4.32. The van der Waals surface area contributed by atoms with Gasteiger partial charge in [0.1, 0.15) is 11.6 Å². The maximum Gasteiger partial charge on any atom is 0.229 e. The number of hydrogen-bond acceptors (Lipinski definition) is 5. The van der Waals surface area contributed by atoms with E-state index < -0.39 is 5.91 Å². The number of nitrogens with one attached hydrogen (secondary N) is 1. The van der Waals surface area contributed by atoms with Gasteiger partial charge in [-0.1, -0.05) is 31.2 Å². The van der Waals surface area contributed by atoms with Crippen LogP contribution in [0.15, 0.2) is 42.6 Å². The van der Waals surface area contributed by atoms with E-state index in [-0.39, 0.29) is 17.7 Å². The maximum atomic E-state index is 12.3. The Bertz CT molecular complexity index is 1100. The number of rotatable bonds is 5. The number of nitrogens with two attached hydrogens (primary N) is 2. The number of anilines is 2. The summed E-state index contributed by atoms with van der Waals surface area (Å²) in [7, 11) is 0. The van der Waals surface area contributed by atoms with E-state index in [1.165, 1.54) is 5.56 Å². The average molecular weight is 375 g/mol. The number of aryl methyl sites for hydroxylation is 1. The summed E-state index contributed by atoms with van der Waals surface area (Å²) < 4.78 is 0. The van der Waals surface area contributed by atoms with Crippen molar-refractivity contribution in [1.29, 1.82) is 0 Å². The summed E-state index contributed by atoms with van der Waals surface area (Å²) in [5.74, 6) is -0.631. The van der Waals surface area contributed by atoms with E-state index in [9.17, 15) is 9.59 Å². The van der Waals surface area contributed by atoms with Gasteiger partial charge in [-0.2, -0.15) is 0 Å². The third-order valence-electron chi connectivity index (χ3n) is 5.16. The number of carbonyl (C=O) groups is 2. The highest BCUT2D eigenvalue weighted by Crippen LogP contribution is 2.39. The van der Waals surface area contributed by atoms with Gasteiger partial charge in [-0.25, -0.2) is 9.97 Å². The molecule has 1 saturated carbocycles. The Morgan fingerprint density at radius 3 is 2.71 bits per heavy atom. The first kappa shape index (κ1) is 17.9. The summed E-state index contributed by atoms with van der Waals surface area (Å²) in [4.78, 5) is 32.2. The highest BCUT2D eigenvalue weighted by Gasteiger charge is 2.47. The molecule has 5 N–H and O–H groups in total. The lowest BCUT2D eigenvalue weighted by Gasteiger charge is -2.11. The van der Waals surface area contributed by atoms with Crippen molar-refractivity contribution in [1.82, 2.24) is 9.97 Å². The molecule has 2 heterocycles. The van der Waals surface area contributed by atoms with Gasteiger partial charge in [0.05, 0.1) is 17.5 Å². The zero-order chi connectivity index (χ0) is 19.8. The summed E-state index contributed by atoms with van der Waals surface area (Å²) >= 11 is 0. The van der Waals surface area contributed by atoms with Crippen molar-refractivity contribution in [3.63, 3.8) is 0 Å². The Morgan fingerprint density at radius 2 is 2.00 bits per heavy atom. The number of amides is 2. The van der Waals surface area contributed by atoms with Gasteiger partial charge in [0.2, 0.25) is 11.8 Å². The molecular formula is C21H21N5O2. The number of fused-ring (bicyclic) bond motifs is 1. The first-order valence-corrected chi connectivity index (χ1v) is 9.22. The van der Waals surface area contributed by atoms with Crippen LogP contribution in [0, 0.1) is 11.8 Å². The van der Waals surface area contributed by atoms with Crippen LogP contribution in [-0.4, -0.2) is 21.8 Å². The van der Waals surface area contributed by atoms with Crippen molar-refractivity contribution in [2.75, 3.05) is 11.1 Å². The monoisotopic (exact) mass is 375 g/mol. The number of nitrogen functional groups attached to an aromatic ring is 1. The van der Waals surface area contributed by atoms with Crippen LogP contribution in [0.2, 0.25) is 0 Å². The molecule has 0 saturated heterocycles. The van der Waals surface area contributed by atoms with Crippen molar-refractivity contribution in [2.45, 2.75) is 19.8 Å². The molecule has 7 nitrogen and oxygen atoms in total. The van der Waals surface area contributed by atoms with E-state index in [2.05, 4.69) is 28.3 Å². The molecule has 0 radical (unpaired) electrons. The zero-order valence-electron chi connectivity index (χ0n) is 15.5. The molecule has 2 amide bonds. The van der Waals surface area contributed by atoms with E-state index in [1.807, 2.05) is 24.3 Å². The minimum absolute atomic E-state index is 0.241. The SMILES string of the molecule is CCc1ccccc1-c1cc2cc(NC(=O)[C@H]3C[C@H]3C(N)=O)ncc2c(N)n1. The van der Waals surface area contributed by atoms with Gasteiger partial charge in [0.25, 0.3) is 0 Å². The van der Waals surface area contributed by atoms with Gasteiger partial charge >= 0.3 is 0 Å². The fourth-order valence-electron chi connectivity index (χ4n) is 3.48. The molecule has 4 rings (SSSR count). The van der Waals surface area contributed by atoms with Crippen molar-refractivity contribution in [2.24, 2.45) is 17.6 Å². The number of hydrogen-bond donors (Lipinski definition) is 3. The Balaban J connectivity index is 1.67. The number of primary amides is 1. The smallest absolute Gasteiger partial charge is 0.229 e. The molecule has 0 aliphatic heterocycles. The highest BCUT2D eigenvalue weighted by atomic mass is 16.2. The molecule has 0 unspecified atom stereocenters. The quantitative estimate of drug-likeness (QED) is 0.632. The van der Waals surface area contributed by atoms with E-state index in [0.717, 1.165) is 28.5 Å². The number of benzene rings is 1. The van der Waals surface area contributed by atoms with E-state index in [0.29, 0.717) is 18.1 Å². The molecule has 2 atom stereocenters. The fourth-order valence-corrected chi connectivity index (χ4v) is 3.48. The van der Waals surface area contributed by atoms with Gasteiger partial charge in [-0.05, 0) is 35.9 Å². The Labute approximate surface area is 162 Å². The Morgan fingerprint density at radius 1 is 1.21 bits per heavy atom. The molecule has 142 valence electrons. The first-order valence-electron chi connectivity index (χ1n) is 9.22. The standard InChI is InChI=1S/C21H21N5O2/c1-2-11-5-3-4-6-13(11)17-7-12-8-18(24-10-16(12)19(22)25-17)26-21(28)15-9-14(15)20(23)27/h3-8,10,14-15H,2,9H2,1H3,(H2,22,25)(H2,23,27)(H,24,26,28)/t14-,15+/m1/s1. The zero-order valence-corrected chi connectivity index (χ0v) is 15.5. The lowest BCUT2D eigenvalue weighted by atomic mass is 10.0. The number of carbonyl (C=O) groups excluding carboxylic acids is 2. The number of aromatic nitrogens is 2. The van der Waals surface area contributed by atoms with Crippen LogP contribution in [0.1, 0.15) is 18.9 Å². The Hall–Kier alpha value is -3.48. The molecule has 0 spiro atoms. The third kappa shape index (κ3) is 3.26. The van der Waals surface area contributed by atoms with E-state index in [4.69, 9.17) is 11.5 Å².